The van der Waals surface area contributed by atoms with Crippen LogP contribution in [0.2, 0.25) is 0 Å². The number of rotatable bonds is 3. The van der Waals surface area contributed by atoms with Gasteiger partial charge < -0.3 is 10.5 Å². The van der Waals surface area contributed by atoms with Crippen LogP contribution in [-0.2, 0) is 11.2 Å². The van der Waals surface area contributed by atoms with Crippen molar-refractivity contribution in [1.82, 2.24) is 4.90 Å². The van der Waals surface area contributed by atoms with Crippen LogP contribution >= 0.6 is 0 Å². The summed E-state index contributed by atoms with van der Waals surface area (Å²) < 4.78 is 6.01. The average molecular weight is 260 g/mol. The molecule has 0 amide bonds. The molecule has 0 radical (unpaired) electrons. The minimum atomic E-state index is 0.226. The Morgan fingerprint density at radius 3 is 3.05 bits per heavy atom. The predicted molar refractivity (Wildman–Crippen MR) is 77.0 cm³/mol. The summed E-state index contributed by atoms with van der Waals surface area (Å²) in [4.78, 5) is 2.53. The van der Waals surface area contributed by atoms with Crippen LogP contribution in [0.4, 0.5) is 0 Å². The molecule has 2 N–H and O–H groups in total. The number of fused-ring (bicyclic) bond motifs is 1. The lowest BCUT2D eigenvalue weighted by Gasteiger charge is -2.33. The zero-order valence-corrected chi connectivity index (χ0v) is 11.7. The summed E-state index contributed by atoms with van der Waals surface area (Å²) in [6.07, 6.45) is 2.53. The fourth-order valence-corrected chi connectivity index (χ4v) is 3.54. The van der Waals surface area contributed by atoms with Crippen LogP contribution in [0.1, 0.15) is 30.6 Å². The van der Waals surface area contributed by atoms with E-state index in [9.17, 15) is 0 Å². The molecule has 1 aromatic rings. The van der Waals surface area contributed by atoms with E-state index in [1.54, 1.807) is 0 Å². The summed E-state index contributed by atoms with van der Waals surface area (Å²) in [6, 6.07) is 9.22. The van der Waals surface area contributed by atoms with E-state index >= 15 is 0 Å². The molecule has 3 rings (SSSR count). The molecule has 19 heavy (non-hydrogen) atoms. The highest BCUT2D eigenvalue weighted by Gasteiger charge is 2.33. The van der Waals surface area contributed by atoms with Crippen molar-refractivity contribution in [2.45, 2.75) is 31.9 Å². The van der Waals surface area contributed by atoms with E-state index < -0.39 is 0 Å². The van der Waals surface area contributed by atoms with Crippen LogP contribution in [0.15, 0.2) is 24.3 Å². The Balaban J connectivity index is 1.74. The maximum atomic E-state index is 6.01. The smallest absolute Gasteiger partial charge is 0.0954 e. The molecular weight excluding hydrogens is 236 g/mol. The van der Waals surface area contributed by atoms with Gasteiger partial charge in [-0.2, -0.15) is 0 Å². The van der Waals surface area contributed by atoms with Gasteiger partial charge >= 0.3 is 0 Å². The summed E-state index contributed by atoms with van der Waals surface area (Å²) >= 11 is 0. The average Bonchev–Trinajstić information content (AvgIpc) is 2.79. The molecule has 2 heterocycles. The Kier molecular flexibility index (Phi) is 3.87. The van der Waals surface area contributed by atoms with Crippen molar-refractivity contribution in [3.63, 3.8) is 0 Å². The molecule has 2 aliphatic rings. The molecule has 0 aliphatic carbocycles. The second-order valence-electron chi connectivity index (χ2n) is 5.87. The van der Waals surface area contributed by atoms with Crippen molar-refractivity contribution in [1.29, 1.82) is 0 Å². The van der Waals surface area contributed by atoms with E-state index in [0.717, 1.165) is 32.7 Å². The summed E-state index contributed by atoms with van der Waals surface area (Å²) in [5, 5.41) is 0. The molecule has 3 unspecified atom stereocenters. The van der Waals surface area contributed by atoms with Gasteiger partial charge in [0.1, 0.15) is 0 Å². The van der Waals surface area contributed by atoms with Crippen LogP contribution in [0.3, 0.4) is 0 Å². The Hall–Kier alpha value is -0.900. The van der Waals surface area contributed by atoms with Crippen LogP contribution < -0.4 is 5.73 Å². The highest BCUT2D eigenvalue weighted by Crippen LogP contribution is 2.31. The number of hydrogen-bond donors (Lipinski definition) is 1. The Bertz CT molecular complexity index is 435. The summed E-state index contributed by atoms with van der Waals surface area (Å²) in [5.41, 5.74) is 8.76. The van der Waals surface area contributed by atoms with E-state index in [4.69, 9.17) is 10.5 Å². The zero-order chi connectivity index (χ0) is 13.2. The first-order valence-electron chi connectivity index (χ1n) is 7.43. The van der Waals surface area contributed by atoms with Crippen molar-refractivity contribution in [2.24, 2.45) is 11.7 Å². The second kappa shape index (κ2) is 5.61. The third-order valence-corrected chi connectivity index (χ3v) is 4.73. The second-order valence-corrected chi connectivity index (χ2v) is 5.87. The molecule has 3 heteroatoms. The maximum absolute atomic E-state index is 6.01. The topological polar surface area (TPSA) is 38.5 Å². The Labute approximate surface area is 115 Å². The highest BCUT2D eigenvalue weighted by molar-refractivity contribution is 5.31. The number of benzene rings is 1. The molecule has 3 nitrogen and oxygen atoms in total. The molecule has 3 atom stereocenters. The minimum Gasteiger partial charge on any atom is -0.372 e. The van der Waals surface area contributed by atoms with E-state index in [1.165, 1.54) is 17.5 Å². The quantitative estimate of drug-likeness (QED) is 0.903. The number of ether oxygens (including phenoxy) is 1. The van der Waals surface area contributed by atoms with Gasteiger partial charge in [0.15, 0.2) is 0 Å². The van der Waals surface area contributed by atoms with Crippen LogP contribution in [0.5, 0.6) is 0 Å². The Morgan fingerprint density at radius 2 is 2.21 bits per heavy atom. The fraction of sp³-hybridized carbons (Fsp3) is 0.625. The molecule has 1 fully saturated rings. The zero-order valence-electron chi connectivity index (χ0n) is 11.7. The van der Waals surface area contributed by atoms with Gasteiger partial charge in [-0.05, 0) is 36.4 Å². The lowest BCUT2D eigenvalue weighted by atomic mass is 9.97. The third-order valence-electron chi connectivity index (χ3n) is 4.73. The molecule has 0 spiro atoms. The van der Waals surface area contributed by atoms with Gasteiger partial charge in [0, 0.05) is 19.1 Å². The number of hydrogen-bond acceptors (Lipinski definition) is 3. The van der Waals surface area contributed by atoms with Gasteiger partial charge in [-0.25, -0.2) is 0 Å². The van der Waals surface area contributed by atoms with Crippen molar-refractivity contribution in [3.05, 3.63) is 35.4 Å². The van der Waals surface area contributed by atoms with Gasteiger partial charge in [-0.3, -0.25) is 4.90 Å². The van der Waals surface area contributed by atoms with Gasteiger partial charge in [0.05, 0.1) is 12.7 Å². The summed E-state index contributed by atoms with van der Waals surface area (Å²) in [7, 11) is 0. The first kappa shape index (κ1) is 13.1. The van der Waals surface area contributed by atoms with E-state index in [1.807, 2.05) is 0 Å². The number of nitrogens with two attached hydrogens (primary N) is 1. The normalized spacial score (nSPS) is 31.4. The van der Waals surface area contributed by atoms with E-state index in [-0.39, 0.29) is 6.10 Å². The summed E-state index contributed by atoms with van der Waals surface area (Å²) in [6.45, 7) is 6.06. The lowest BCUT2D eigenvalue weighted by molar-refractivity contribution is 0.0123. The highest BCUT2D eigenvalue weighted by atomic mass is 16.5. The lowest BCUT2D eigenvalue weighted by Crippen LogP contribution is -2.41. The number of likely N-dealkylation sites (tertiary alicyclic amines) is 1. The molecule has 1 saturated heterocycles. The van der Waals surface area contributed by atoms with Crippen molar-refractivity contribution in [2.75, 3.05) is 26.2 Å². The Morgan fingerprint density at radius 1 is 1.37 bits per heavy atom. The molecule has 2 aliphatic heterocycles. The predicted octanol–water partition coefficient (Wildman–Crippen LogP) is 1.97. The molecular formula is C16H24N2O. The van der Waals surface area contributed by atoms with Gasteiger partial charge in [-0.1, -0.05) is 31.2 Å². The molecule has 0 bridgehead atoms. The first-order valence-corrected chi connectivity index (χ1v) is 7.43. The molecule has 0 aromatic heterocycles. The first-order chi connectivity index (χ1) is 9.29. The van der Waals surface area contributed by atoms with Crippen LogP contribution in [0, 0.1) is 5.92 Å². The third kappa shape index (κ3) is 2.55. The maximum Gasteiger partial charge on any atom is 0.0954 e. The summed E-state index contributed by atoms with van der Waals surface area (Å²) in [5.74, 6) is 0.712. The monoisotopic (exact) mass is 260 g/mol. The van der Waals surface area contributed by atoms with Crippen molar-refractivity contribution in [3.8, 4) is 0 Å². The van der Waals surface area contributed by atoms with Crippen molar-refractivity contribution >= 4 is 0 Å². The molecule has 104 valence electrons. The number of nitrogens with zero attached hydrogens (tertiary/aromatic N) is 1. The SMILES string of the molecule is CC1CCN(CC2OCCc3ccccc32)C1CN. The van der Waals surface area contributed by atoms with Gasteiger partial charge in [-0.15, -0.1) is 0 Å². The molecule has 1 aromatic carbocycles. The van der Waals surface area contributed by atoms with Crippen LogP contribution in [0.25, 0.3) is 0 Å². The largest absolute Gasteiger partial charge is 0.372 e. The van der Waals surface area contributed by atoms with E-state index in [2.05, 4.69) is 36.1 Å². The van der Waals surface area contributed by atoms with Gasteiger partial charge in [0.2, 0.25) is 0 Å². The molecule has 0 saturated carbocycles. The van der Waals surface area contributed by atoms with E-state index in [0.29, 0.717) is 12.0 Å². The minimum absolute atomic E-state index is 0.226. The van der Waals surface area contributed by atoms with Crippen molar-refractivity contribution < 1.29 is 4.74 Å². The fourth-order valence-electron chi connectivity index (χ4n) is 3.54. The standard InChI is InChI=1S/C16H24N2O/c1-12-6-8-18(15(12)10-17)11-16-14-5-3-2-4-13(14)7-9-19-16/h2-5,12,15-16H,6-11,17H2,1H3. The van der Waals surface area contributed by atoms with Gasteiger partial charge in [0.25, 0.3) is 0 Å². The van der Waals surface area contributed by atoms with Crippen LogP contribution in [-0.4, -0.2) is 37.2 Å².